The van der Waals surface area contributed by atoms with E-state index in [2.05, 4.69) is 51.7 Å². The zero-order valence-corrected chi connectivity index (χ0v) is 22.0. The maximum Gasteiger partial charge on any atom is 0.245 e. The standard InChI is InChI=1S/C28H38N6O3/c1-19(2)17-25(30-20(3)35)28(37)33-14-10-22(11-15-33)21-6-8-24(9-7-21)31-27(36)23-12-16-34(18-23)26-5-4-13-29-32-26/h4-9,13,19,22-23,25H,10-12,14-18H2,1-3H3,(H,30,35)(H,31,36)/t23-,25-/m0/s1. The van der Waals surface area contributed by atoms with E-state index in [9.17, 15) is 14.4 Å². The number of anilines is 2. The Morgan fingerprint density at radius 1 is 1.03 bits per heavy atom. The molecular weight excluding hydrogens is 468 g/mol. The highest BCUT2D eigenvalue weighted by Gasteiger charge is 2.31. The zero-order chi connectivity index (χ0) is 26.4. The molecule has 2 aliphatic rings. The van der Waals surface area contributed by atoms with E-state index in [0.717, 1.165) is 37.3 Å². The lowest BCUT2D eigenvalue weighted by Gasteiger charge is -2.35. The fourth-order valence-electron chi connectivity index (χ4n) is 5.32. The van der Waals surface area contributed by atoms with Crippen LogP contribution in [-0.2, 0) is 14.4 Å². The number of carbonyl (C=O) groups is 3. The summed E-state index contributed by atoms with van der Waals surface area (Å²) in [6.07, 6.45) is 4.84. The number of piperidine rings is 1. The van der Waals surface area contributed by atoms with Crippen molar-refractivity contribution in [3.05, 3.63) is 48.2 Å². The van der Waals surface area contributed by atoms with Crippen LogP contribution in [0.4, 0.5) is 11.5 Å². The van der Waals surface area contributed by atoms with Gasteiger partial charge in [0, 0.05) is 45.0 Å². The highest BCUT2D eigenvalue weighted by atomic mass is 16.2. The number of benzene rings is 1. The van der Waals surface area contributed by atoms with Gasteiger partial charge in [-0.05, 0) is 67.3 Å². The minimum atomic E-state index is -0.454. The molecule has 1 aromatic heterocycles. The average molecular weight is 507 g/mol. The molecule has 2 aliphatic heterocycles. The van der Waals surface area contributed by atoms with Gasteiger partial charge in [0.15, 0.2) is 5.82 Å². The van der Waals surface area contributed by atoms with Crippen LogP contribution in [0.5, 0.6) is 0 Å². The predicted molar refractivity (Wildman–Crippen MR) is 143 cm³/mol. The molecule has 3 amide bonds. The molecule has 4 rings (SSSR count). The van der Waals surface area contributed by atoms with Gasteiger partial charge >= 0.3 is 0 Å². The summed E-state index contributed by atoms with van der Waals surface area (Å²) in [4.78, 5) is 41.4. The number of carbonyl (C=O) groups excluding carboxylic acids is 3. The summed E-state index contributed by atoms with van der Waals surface area (Å²) in [5.74, 6) is 1.29. The number of rotatable bonds is 8. The van der Waals surface area contributed by atoms with Gasteiger partial charge < -0.3 is 20.4 Å². The van der Waals surface area contributed by atoms with E-state index in [0.29, 0.717) is 37.9 Å². The average Bonchev–Trinajstić information content (AvgIpc) is 3.39. The van der Waals surface area contributed by atoms with Crippen molar-refractivity contribution in [3.63, 3.8) is 0 Å². The highest BCUT2D eigenvalue weighted by molar-refractivity contribution is 5.93. The summed E-state index contributed by atoms with van der Waals surface area (Å²) in [6, 6.07) is 11.4. The normalized spacial score (nSPS) is 19.1. The molecule has 1 aromatic carbocycles. The second-order valence-electron chi connectivity index (χ2n) is 10.6. The van der Waals surface area contributed by atoms with Crippen molar-refractivity contribution in [1.29, 1.82) is 0 Å². The topological polar surface area (TPSA) is 108 Å². The smallest absolute Gasteiger partial charge is 0.245 e. The van der Waals surface area contributed by atoms with E-state index < -0.39 is 6.04 Å². The molecule has 0 saturated carbocycles. The Labute approximate surface area is 219 Å². The van der Waals surface area contributed by atoms with Crippen molar-refractivity contribution in [2.75, 3.05) is 36.4 Å². The number of likely N-dealkylation sites (tertiary alicyclic amines) is 1. The third-order valence-electron chi connectivity index (χ3n) is 7.28. The first kappa shape index (κ1) is 26.6. The SMILES string of the molecule is CC(=O)N[C@@H](CC(C)C)C(=O)N1CCC(c2ccc(NC(=O)[C@H]3CCN(c4cccnn4)C3)cc2)CC1. The van der Waals surface area contributed by atoms with Crippen molar-refractivity contribution < 1.29 is 14.4 Å². The number of hydrogen-bond donors (Lipinski definition) is 2. The molecule has 0 unspecified atom stereocenters. The van der Waals surface area contributed by atoms with E-state index in [1.165, 1.54) is 12.5 Å². The number of nitrogens with zero attached hydrogens (tertiary/aromatic N) is 4. The fourth-order valence-corrected chi connectivity index (χ4v) is 5.32. The Morgan fingerprint density at radius 3 is 2.38 bits per heavy atom. The minimum absolute atomic E-state index is 0.0187. The first-order valence-corrected chi connectivity index (χ1v) is 13.3. The van der Waals surface area contributed by atoms with Gasteiger partial charge in [0.05, 0.1) is 5.92 Å². The van der Waals surface area contributed by atoms with Crippen molar-refractivity contribution in [2.24, 2.45) is 11.8 Å². The van der Waals surface area contributed by atoms with Crippen LogP contribution in [-0.4, -0.2) is 65.0 Å². The summed E-state index contributed by atoms with van der Waals surface area (Å²) in [5, 5.41) is 14.0. The molecule has 0 aliphatic carbocycles. The lowest BCUT2D eigenvalue weighted by atomic mass is 9.89. The van der Waals surface area contributed by atoms with Crippen molar-refractivity contribution in [1.82, 2.24) is 20.4 Å². The Balaban J connectivity index is 1.26. The third kappa shape index (κ3) is 7.05. The molecule has 2 N–H and O–H groups in total. The Hall–Kier alpha value is -3.49. The molecule has 2 fully saturated rings. The second kappa shape index (κ2) is 12.2. The van der Waals surface area contributed by atoms with E-state index in [-0.39, 0.29) is 23.6 Å². The fraction of sp³-hybridized carbons (Fsp3) is 0.536. The van der Waals surface area contributed by atoms with Gasteiger partial charge in [-0.1, -0.05) is 26.0 Å². The molecule has 3 heterocycles. The van der Waals surface area contributed by atoms with Crippen LogP contribution in [0.3, 0.4) is 0 Å². The third-order valence-corrected chi connectivity index (χ3v) is 7.28. The predicted octanol–water partition coefficient (Wildman–Crippen LogP) is 3.20. The molecule has 2 aromatic rings. The first-order valence-electron chi connectivity index (χ1n) is 13.3. The lowest BCUT2D eigenvalue weighted by molar-refractivity contribution is -0.137. The van der Waals surface area contributed by atoms with Crippen LogP contribution in [0, 0.1) is 11.8 Å². The van der Waals surface area contributed by atoms with Crippen LogP contribution in [0.15, 0.2) is 42.6 Å². The minimum Gasteiger partial charge on any atom is -0.354 e. The molecule has 2 saturated heterocycles. The van der Waals surface area contributed by atoms with Gasteiger partial charge in [-0.2, -0.15) is 5.10 Å². The maximum absolute atomic E-state index is 13.0. The molecule has 2 atom stereocenters. The number of amides is 3. The van der Waals surface area contributed by atoms with E-state index >= 15 is 0 Å². The van der Waals surface area contributed by atoms with Crippen LogP contribution in [0.25, 0.3) is 0 Å². The molecule has 37 heavy (non-hydrogen) atoms. The summed E-state index contributed by atoms with van der Waals surface area (Å²) < 4.78 is 0. The molecular formula is C28H38N6O3. The van der Waals surface area contributed by atoms with Crippen molar-refractivity contribution in [3.8, 4) is 0 Å². The molecule has 9 nitrogen and oxygen atoms in total. The van der Waals surface area contributed by atoms with Crippen LogP contribution >= 0.6 is 0 Å². The molecule has 198 valence electrons. The Kier molecular flexibility index (Phi) is 8.74. The first-order chi connectivity index (χ1) is 17.8. The zero-order valence-electron chi connectivity index (χ0n) is 22.0. The molecule has 0 radical (unpaired) electrons. The Morgan fingerprint density at radius 2 is 1.76 bits per heavy atom. The number of hydrogen-bond acceptors (Lipinski definition) is 6. The van der Waals surface area contributed by atoms with Crippen LogP contribution in [0.2, 0.25) is 0 Å². The van der Waals surface area contributed by atoms with Gasteiger partial charge in [0.1, 0.15) is 6.04 Å². The molecule has 0 spiro atoms. The quantitative estimate of drug-likeness (QED) is 0.569. The number of nitrogens with one attached hydrogen (secondary N) is 2. The highest BCUT2D eigenvalue weighted by Crippen LogP contribution is 2.30. The van der Waals surface area contributed by atoms with E-state index in [4.69, 9.17) is 0 Å². The van der Waals surface area contributed by atoms with Crippen LogP contribution < -0.4 is 15.5 Å². The van der Waals surface area contributed by atoms with Gasteiger partial charge in [0.25, 0.3) is 0 Å². The summed E-state index contributed by atoms with van der Waals surface area (Å²) in [6.45, 7) is 8.37. The summed E-state index contributed by atoms with van der Waals surface area (Å²) in [7, 11) is 0. The maximum atomic E-state index is 13.0. The van der Waals surface area contributed by atoms with Gasteiger partial charge in [-0.25, -0.2) is 0 Å². The summed E-state index contributed by atoms with van der Waals surface area (Å²) >= 11 is 0. The second-order valence-corrected chi connectivity index (χ2v) is 10.6. The lowest BCUT2D eigenvalue weighted by Crippen LogP contribution is -2.50. The molecule has 0 bridgehead atoms. The summed E-state index contributed by atoms with van der Waals surface area (Å²) in [5.41, 5.74) is 2.02. The Bertz CT molecular complexity index is 1070. The number of aromatic nitrogens is 2. The van der Waals surface area contributed by atoms with E-state index in [1.807, 2.05) is 29.2 Å². The van der Waals surface area contributed by atoms with Gasteiger partial charge in [-0.3, -0.25) is 14.4 Å². The van der Waals surface area contributed by atoms with E-state index in [1.54, 1.807) is 6.20 Å². The van der Waals surface area contributed by atoms with Gasteiger partial charge in [-0.15, -0.1) is 5.10 Å². The monoisotopic (exact) mass is 506 g/mol. The van der Waals surface area contributed by atoms with Gasteiger partial charge in [0.2, 0.25) is 17.7 Å². The van der Waals surface area contributed by atoms with Crippen molar-refractivity contribution in [2.45, 2.75) is 58.4 Å². The van der Waals surface area contributed by atoms with Crippen molar-refractivity contribution >= 4 is 29.2 Å². The van der Waals surface area contributed by atoms with Crippen LogP contribution in [0.1, 0.15) is 57.9 Å². The largest absolute Gasteiger partial charge is 0.354 e. The molecule has 9 heteroatoms.